The van der Waals surface area contributed by atoms with E-state index in [1.807, 2.05) is 24.4 Å². The Balaban J connectivity index is 1.51. The summed E-state index contributed by atoms with van der Waals surface area (Å²) in [5, 5.41) is 0. The first-order chi connectivity index (χ1) is 10.7. The highest BCUT2D eigenvalue weighted by atomic mass is 16.2. The molecule has 1 amide bonds. The molecule has 1 aliphatic carbocycles. The van der Waals surface area contributed by atoms with E-state index in [9.17, 15) is 4.79 Å². The number of nitrogens with zero attached hydrogens (tertiary/aromatic N) is 2. The third kappa shape index (κ3) is 3.68. The lowest BCUT2D eigenvalue weighted by Gasteiger charge is -2.45. The first-order valence-corrected chi connectivity index (χ1v) is 8.93. The van der Waals surface area contributed by atoms with Crippen LogP contribution in [0.3, 0.4) is 0 Å². The Morgan fingerprint density at radius 2 is 2.23 bits per heavy atom. The number of aromatic nitrogens is 1. The van der Waals surface area contributed by atoms with Crippen LogP contribution in [0, 0.1) is 11.8 Å². The van der Waals surface area contributed by atoms with Crippen molar-refractivity contribution in [2.75, 3.05) is 6.54 Å². The number of aryl methyl sites for hydroxylation is 1. The van der Waals surface area contributed by atoms with Gasteiger partial charge in [-0.3, -0.25) is 9.78 Å². The van der Waals surface area contributed by atoms with Gasteiger partial charge in [-0.1, -0.05) is 13.0 Å². The maximum Gasteiger partial charge on any atom is 0.222 e. The molecule has 22 heavy (non-hydrogen) atoms. The number of pyridine rings is 1. The predicted molar refractivity (Wildman–Crippen MR) is 88.4 cm³/mol. The average molecular weight is 300 g/mol. The molecule has 2 aliphatic rings. The first-order valence-electron chi connectivity index (χ1n) is 8.93. The molecule has 0 N–H and O–H groups in total. The Labute approximate surface area is 134 Å². The molecule has 0 aromatic carbocycles. The quantitative estimate of drug-likeness (QED) is 0.846. The van der Waals surface area contributed by atoms with Crippen LogP contribution in [0.5, 0.6) is 0 Å². The molecule has 120 valence electrons. The highest BCUT2D eigenvalue weighted by molar-refractivity contribution is 5.76. The maximum absolute atomic E-state index is 12.6. The normalized spacial score (nSPS) is 28.2. The fourth-order valence-electron chi connectivity index (χ4n) is 4.31. The van der Waals surface area contributed by atoms with Crippen molar-refractivity contribution in [1.29, 1.82) is 0 Å². The van der Waals surface area contributed by atoms with E-state index in [4.69, 9.17) is 0 Å². The van der Waals surface area contributed by atoms with E-state index in [1.54, 1.807) is 0 Å². The smallest absolute Gasteiger partial charge is 0.222 e. The van der Waals surface area contributed by atoms with Crippen LogP contribution in [0.25, 0.3) is 0 Å². The standard InChI is InChI=1S/C19H28N2O/c1-15-10-11-18-16(14-15)6-5-13-21(18)19(22)9-4-8-17-7-2-3-12-20-17/h2-3,7,12,15-16,18H,4-6,8-11,13-14H2,1H3/t15-,16-,18+/m1/s1. The van der Waals surface area contributed by atoms with Crippen LogP contribution in [0.1, 0.15) is 57.6 Å². The second kappa shape index (κ2) is 7.26. The Hall–Kier alpha value is -1.38. The van der Waals surface area contributed by atoms with Gasteiger partial charge >= 0.3 is 0 Å². The number of amides is 1. The van der Waals surface area contributed by atoms with Gasteiger partial charge in [-0.2, -0.15) is 0 Å². The number of hydrogen-bond donors (Lipinski definition) is 0. The number of carbonyl (C=O) groups is 1. The summed E-state index contributed by atoms with van der Waals surface area (Å²) in [6.07, 6.45) is 10.7. The van der Waals surface area contributed by atoms with Gasteiger partial charge in [-0.05, 0) is 68.9 Å². The number of piperidine rings is 1. The Morgan fingerprint density at radius 1 is 1.32 bits per heavy atom. The second-order valence-corrected chi connectivity index (χ2v) is 7.15. The molecule has 0 bridgehead atoms. The van der Waals surface area contributed by atoms with Crippen LogP contribution in [0.4, 0.5) is 0 Å². The van der Waals surface area contributed by atoms with E-state index in [2.05, 4.69) is 16.8 Å². The van der Waals surface area contributed by atoms with Crippen LogP contribution < -0.4 is 0 Å². The Kier molecular flexibility index (Phi) is 5.12. The summed E-state index contributed by atoms with van der Waals surface area (Å²) in [7, 11) is 0. The van der Waals surface area contributed by atoms with Crippen molar-refractivity contribution in [3.63, 3.8) is 0 Å². The number of hydrogen-bond acceptors (Lipinski definition) is 2. The lowest BCUT2D eigenvalue weighted by atomic mass is 9.74. The predicted octanol–water partition coefficient (Wildman–Crippen LogP) is 3.83. The molecule has 1 saturated carbocycles. The summed E-state index contributed by atoms with van der Waals surface area (Å²) in [5.74, 6) is 1.98. The van der Waals surface area contributed by atoms with E-state index < -0.39 is 0 Å². The Bertz CT molecular complexity index is 487. The molecule has 1 aromatic rings. The maximum atomic E-state index is 12.6. The van der Waals surface area contributed by atoms with Gasteiger partial charge in [0.25, 0.3) is 0 Å². The molecule has 1 aliphatic heterocycles. The zero-order chi connectivity index (χ0) is 15.4. The fraction of sp³-hybridized carbons (Fsp3) is 0.684. The molecule has 3 rings (SSSR count). The molecule has 2 fully saturated rings. The van der Waals surface area contributed by atoms with Crippen molar-refractivity contribution in [2.45, 2.75) is 64.3 Å². The third-order valence-corrected chi connectivity index (χ3v) is 5.45. The van der Waals surface area contributed by atoms with Crippen molar-refractivity contribution >= 4 is 5.91 Å². The molecule has 3 heteroatoms. The van der Waals surface area contributed by atoms with Crippen molar-refractivity contribution in [3.05, 3.63) is 30.1 Å². The van der Waals surface area contributed by atoms with Gasteiger partial charge in [-0.15, -0.1) is 0 Å². The minimum Gasteiger partial charge on any atom is -0.339 e. The second-order valence-electron chi connectivity index (χ2n) is 7.15. The molecule has 2 heterocycles. The number of rotatable bonds is 4. The largest absolute Gasteiger partial charge is 0.339 e. The summed E-state index contributed by atoms with van der Waals surface area (Å²) < 4.78 is 0. The topological polar surface area (TPSA) is 33.2 Å². The molecule has 1 saturated heterocycles. The number of fused-ring (bicyclic) bond motifs is 1. The van der Waals surface area contributed by atoms with E-state index in [0.717, 1.165) is 36.9 Å². The van der Waals surface area contributed by atoms with Crippen LogP contribution in [0.15, 0.2) is 24.4 Å². The summed E-state index contributed by atoms with van der Waals surface area (Å²) in [6, 6.07) is 6.53. The van der Waals surface area contributed by atoms with Gasteiger partial charge in [0.2, 0.25) is 5.91 Å². The van der Waals surface area contributed by atoms with Gasteiger partial charge in [-0.25, -0.2) is 0 Å². The van der Waals surface area contributed by atoms with Gasteiger partial charge in [0, 0.05) is 30.9 Å². The first kappa shape index (κ1) is 15.5. The van der Waals surface area contributed by atoms with Gasteiger partial charge in [0.05, 0.1) is 0 Å². The van der Waals surface area contributed by atoms with Crippen molar-refractivity contribution in [2.24, 2.45) is 11.8 Å². The number of carbonyl (C=O) groups excluding carboxylic acids is 1. The number of likely N-dealkylation sites (tertiary alicyclic amines) is 1. The van der Waals surface area contributed by atoms with Gasteiger partial charge in [0.1, 0.15) is 0 Å². The summed E-state index contributed by atoms with van der Waals surface area (Å²) in [6.45, 7) is 3.35. The van der Waals surface area contributed by atoms with E-state index in [1.165, 1.54) is 32.1 Å². The van der Waals surface area contributed by atoms with Crippen LogP contribution in [0.2, 0.25) is 0 Å². The minimum atomic E-state index is 0.375. The molecule has 0 unspecified atom stereocenters. The van der Waals surface area contributed by atoms with Crippen LogP contribution in [-0.4, -0.2) is 28.4 Å². The van der Waals surface area contributed by atoms with Crippen LogP contribution >= 0.6 is 0 Å². The van der Waals surface area contributed by atoms with Crippen molar-refractivity contribution in [3.8, 4) is 0 Å². The Morgan fingerprint density at radius 3 is 3.05 bits per heavy atom. The van der Waals surface area contributed by atoms with E-state index in [0.29, 0.717) is 18.4 Å². The molecule has 0 spiro atoms. The third-order valence-electron chi connectivity index (χ3n) is 5.45. The monoisotopic (exact) mass is 300 g/mol. The van der Waals surface area contributed by atoms with E-state index in [-0.39, 0.29) is 0 Å². The summed E-state index contributed by atoms with van der Waals surface area (Å²) in [5.41, 5.74) is 1.10. The zero-order valence-corrected chi connectivity index (χ0v) is 13.7. The molecule has 1 aromatic heterocycles. The van der Waals surface area contributed by atoms with Crippen molar-refractivity contribution < 1.29 is 4.79 Å². The van der Waals surface area contributed by atoms with E-state index >= 15 is 0 Å². The molecule has 3 atom stereocenters. The lowest BCUT2D eigenvalue weighted by Crippen LogP contribution is -2.50. The SMILES string of the molecule is C[C@@H]1CC[C@H]2[C@H](CCCN2C(=O)CCCc2ccccn2)C1. The fourth-order valence-corrected chi connectivity index (χ4v) is 4.31. The average Bonchev–Trinajstić information content (AvgIpc) is 2.55. The molecular weight excluding hydrogens is 272 g/mol. The molecule has 3 nitrogen and oxygen atoms in total. The molecular formula is C19H28N2O. The summed E-state index contributed by atoms with van der Waals surface area (Å²) in [4.78, 5) is 19.2. The summed E-state index contributed by atoms with van der Waals surface area (Å²) >= 11 is 0. The van der Waals surface area contributed by atoms with Crippen molar-refractivity contribution in [1.82, 2.24) is 9.88 Å². The highest BCUT2D eigenvalue weighted by Gasteiger charge is 2.37. The highest BCUT2D eigenvalue weighted by Crippen LogP contribution is 2.38. The van der Waals surface area contributed by atoms with Gasteiger partial charge < -0.3 is 4.90 Å². The minimum absolute atomic E-state index is 0.375. The molecule has 0 radical (unpaired) electrons. The van der Waals surface area contributed by atoms with Gasteiger partial charge in [0.15, 0.2) is 0 Å². The zero-order valence-electron chi connectivity index (χ0n) is 13.7. The van der Waals surface area contributed by atoms with Crippen LogP contribution in [-0.2, 0) is 11.2 Å². The lowest BCUT2D eigenvalue weighted by molar-refractivity contribution is -0.138.